The van der Waals surface area contributed by atoms with E-state index in [1.54, 1.807) is 7.11 Å². The van der Waals surface area contributed by atoms with Crippen LogP contribution in [0.25, 0.3) is 0 Å². The topological polar surface area (TPSA) is 46.5 Å². The van der Waals surface area contributed by atoms with Crippen molar-refractivity contribution in [2.45, 2.75) is 31.6 Å². The van der Waals surface area contributed by atoms with Gasteiger partial charge in [-0.1, -0.05) is 12.1 Å². The van der Waals surface area contributed by atoms with E-state index in [1.807, 2.05) is 12.1 Å². The maximum atomic E-state index is 10.5. The number of benzene rings is 1. The summed E-state index contributed by atoms with van der Waals surface area (Å²) in [6, 6.07) is 6.06. The summed E-state index contributed by atoms with van der Waals surface area (Å²) in [5.41, 5.74) is 2.30. The van der Waals surface area contributed by atoms with Crippen molar-refractivity contribution in [2.24, 2.45) is 0 Å². The van der Waals surface area contributed by atoms with Crippen LogP contribution in [0.5, 0.6) is 5.75 Å². The van der Waals surface area contributed by atoms with Gasteiger partial charge in [0.25, 0.3) is 0 Å². The third-order valence-corrected chi connectivity index (χ3v) is 2.94. The van der Waals surface area contributed by atoms with Crippen molar-refractivity contribution in [3.05, 3.63) is 29.3 Å². The van der Waals surface area contributed by atoms with Crippen LogP contribution in [0, 0.1) is 0 Å². The number of rotatable bonds is 5. The van der Waals surface area contributed by atoms with Gasteiger partial charge in [-0.2, -0.15) is 0 Å². The Hall–Kier alpha value is -1.51. The molecule has 3 heteroatoms. The molecule has 0 heterocycles. The van der Waals surface area contributed by atoms with Gasteiger partial charge in [0.15, 0.2) is 0 Å². The third-order valence-electron chi connectivity index (χ3n) is 2.94. The number of aliphatic carboxylic acids is 1. The van der Waals surface area contributed by atoms with Crippen LogP contribution in [0.1, 0.15) is 36.3 Å². The molecule has 1 N–H and O–H groups in total. The van der Waals surface area contributed by atoms with Crippen LogP contribution in [-0.4, -0.2) is 18.2 Å². The van der Waals surface area contributed by atoms with Gasteiger partial charge in [0, 0.05) is 6.42 Å². The van der Waals surface area contributed by atoms with Gasteiger partial charge in [-0.15, -0.1) is 0 Å². The molecule has 0 amide bonds. The Labute approximate surface area is 95.0 Å². The van der Waals surface area contributed by atoms with Crippen LogP contribution in [0.15, 0.2) is 18.2 Å². The summed E-state index contributed by atoms with van der Waals surface area (Å²) in [7, 11) is 1.67. The summed E-state index contributed by atoms with van der Waals surface area (Å²) in [5, 5.41) is 8.62. The SMILES string of the molecule is COc1cc(CCC(=O)O)ccc1C1CC1. The molecule has 0 atom stereocenters. The van der Waals surface area contributed by atoms with E-state index in [9.17, 15) is 4.79 Å². The monoisotopic (exact) mass is 220 g/mol. The van der Waals surface area contributed by atoms with E-state index < -0.39 is 5.97 Å². The molecule has 3 nitrogen and oxygen atoms in total. The zero-order chi connectivity index (χ0) is 11.5. The molecule has 0 radical (unpaired) electrons. The molecular formula is C13H16O3. The summed E-state index contributed by atoms with van der Waals surface area (Å²) in [4.78, 5) is 10.5. The van der Waals surface area contributed by atoms with Crippen LogP contribution >= 0.6 is 0 Å². The van der Waals surface area contributed by atoms with E-state index in [1.165, 1.54) is 18.4 Å². The summed E-state index contributed by atoms with van der Waals surface area (Å²) in [6.07, 6.45) is 3.22. The maximum Gasteiger partial charge on any atom is 0.303 e. The lowest BCUT2D eigenvalue weighted by Gasteiger charge is -2.09. The molecule has 0 bridgehead atoms. The van der Waals surface area contributed by atoms with E-state index in [0.717, 1.165) is 11.3 Å². The largest absolute Gasteiger partial charge is 0.496 e. The van der Waals surface area contributed by atoms with Crippen LogP contribution < -0.4 is 4.74 Å². The van der Waals surface area contributed by atoms with Gasteiger partial charge >= 0.3 is 5.97 Å². The number of hydrogen-bond donors (Lipinski definition) is 1. The Morgan fingerprint density at radius 3 is 2.81 bits per heavy atom. The number of carboxylic acid groups (broad SMARTS) is 1. The molecule has 0 aromatic heterocycles. The average Bonchev–Trinajstić information content (AvgIpc) is 3.09. The molecule has 0 saturated heterocycles. The summed E-state index contributed by atoms with van der Waals surface area (Å²) >= 11 is 0. The minimum absolute atomic E-state index is 0.173. The van der Waals surface area contributed by atoms with E-state index in [4.69, 9.17) is 9.84 Å². The zero-order valence-corrected chi connectivity index (χ0v) is 9.40. The second-order valence-corrected chi connectivity index (χ2v) is 4.24. The van der Waals surface area contributed by atoms with E-state index in [0.29, 0.717) is 12.3 Å². The number of hydrogen-bond acceptors (Lipinski definition) is 2. The van der Waals surface area contributed by atoms with Crippen molar-refractivity contribution < 1.29 is 14.6 Å². The van der Waals surface area contributed by atoms with Gasteiger partial charge in [-0.25, -0.2) is 0 Å². The minimum Gasteiger partial charge on any atom is -0.496 e. The molecule has 1 aliphatic carbocycles. The predicted molar refractivity (Wildman–Crippen MR) is 60.9 cm³/mol. The first-order chi connectivity index (χ1) is 7.70. The lowest BCUT2D eigenvalue weighted by atomic mass is 10.0. The standard InChI is InChI=1S/C13H16O3/c1-16-12-8-9(3-7-13(14)15)2-6-11(12)10-4-5-10/h2,6,8,10H,3-5,7H2,1H3,(H,14,15). The van der Waals surface area contributed by atoms with Crippen molar-refractivity contribution in [3.63, 3.8) is 0 Å². The van der Waals surface area contributed by atoms with Crippen molar-refractivity contribution in [1.29, 1.82) is 0 Å². The molecule has 1 aliphatic rings. The van der Waals surface area contributed by atoms with E-state index >= 15 is 0 Å². The fourth-order valence-corrected chi connectivity index (χ4v) is 1.89. The smallest absolute Gasteiger partial charge is 0.303 e. The van der Waals surface area contributed by atoms with Crippen LogP contribution in [0.3, 0.4) is 0 Å². The first-order valence-electron chi connectivity index (χ1n) is 5.59. The van der Waals surface area contributed by atoms with Crippen molar-refractivity contribution in [2.75, 3.05) is 7.11 Å². The van der Waals surface area contributed by atoms with Gasteiger partial charge in [0.2, 0.25) is 0 Å². The molecule has 1 aromatic rings. The number of methoxy groups -OCH3 is 1. The summed E-state index contributed by atoms with van der Waals surface area (Å²) in [6.45, 7) is 0. The highest BCUT2D eigenvalue weighted by Gasteiger charge is 2.26. The van der Waals surface area contributed by atoms with Crippen molar-refractivity contribution in [3.8, 4) is 5.75 Å². The van der Waals surface area contributed by atoms with Gasteiger partial charge in [0.1, 0.15) is 5.75 Å². The Kier molecular flexibility index (Phi) is 3.13. The molecule has 2 rings (SSSR count). The van der Waals surface area contributed by atoms with Gasteiger partial charge < -0.3 is 9.84 Å². The second kappa shape index (κ2) is 4.56. The second-order valence-electron chi connectivity index (χ2n) is 4.24. The highest BCUT2D eigenvalue weighted by atomic mass is 16.5. The number of carboxylic acids is 1. The Morgan fingerprint density at radius 1 is 1.50 bits per heavy atom. The molecule has 1 saturated carbocycles. The summed E-state index contributed by atoms with van der Waals surface area (Å²) < 4.78 is 5.35. The maximum absolute atomic E-state index is 10.5. The third kappa shape index (κ3) is 2.54. The molecule has 86 valence electrons. The van der Waals surface area contributed by atoms with E-state index in [2.05, 4.69) is 6.07 Å². The van der Waals surface area contributed by atoms with Crippen molar-refractivity contribution in [1.82, 2.24) is 0 Å². The van der Waals surface area contributed by atoms with E-state index in [-0.39, 0.29) is 6.42 Å². The average molecular weight is 220 g/mol. The molecule has 16 heavy (non-hydrogen) atoms. The highest BCUT2D eigenvalue weighted by molar-refractivity contribution is 5.67. The Bertz CT molecular complexity index is 394. The fourth-order valence-electron chi connectivity index (χ4n) is 1.89. The molecular weight excluding hydrogens is 204 g/mol. The number of aryl methyl sites for hydroxylation is 1. The van der Waals surface area contributed by atoms with Crippen LogP contribution in [0.2, 0.25) is 0 Å². The molecule has 1 fully saturated rings. The highest BCUT2D eigenvalue weighted by Crippen LogP contribution is 2.44. The molecule has 0 unspecified atom stereocenters. The normalized spacial score (nSPS) is 14.8. The zero-order valence-electron chi connectivity index (χ0n) is 9.40. The first kappa shape index (κ1) is 11.0. The Balaban J connectivity index is 2.12. The number of carbonyl (C=O) groups is 1. The minimum atomic E-state index is -0.759. The van der Waals surface area contributed by atoms with Gasteiger partial charge in [0.05, 0.1) is 7.11 Å². The van der Waals surface area contributed by atoms with Crippen LogP contribution in [-0.2, 0) is 11.2 Å². The van der Waals surface area contributed by atoms with Gasteiger partial charge in [-0.05, 0) is 42.4 Å². The summed E-state index contributed by atoms with van der Waals surface area (Å²) in [5.74, 6) is 0.805. The Morgan fingerprint density at radius 2 is 2.25 bits per heavy atom. The lowest BCUT2D eigenvalue weighted by Crippen LogP contribution is -1.98. The first-order valence-corrected chi connectivity index (χ1v) is 5.59. The molecule has 0 spiro atoms. The predicted octanol–water partition coefficient (Wildman–Crippen LogP) is 2.59. The van der Waals surface area contributed by atoms with Crippen molar-refractivity contribution >= 4 is 5.97 Å². The quantitative estimate of drug-likeness (QED) is 0.829. The van der Waals surface area contributed by atoms with Crippen LogP contribution in [0.4, 0.5) is 0 Å². The van der Waals surface area contributed by atoms with Gasteiger partial charge in [-0.3, -0.25) is 4.79 Å². The fraction of sp³-hybridized carbons (Fsp3) is 0.462. The lowest BCUT2D eigenvalue weighted by molar-refractivity contribution is -0.136. The number of ether oxygens (including phenoxy) is 1. The molecule has 1 aromatic carbocycles. The molecule has 0 aliphatic heterocycles.